The van der Waals surface area contributed by atoms with Crippen LogP contribution in [0.25, 0.3) is 10.8 Å². The van der Waals surface area contributed by atoms with Gasteiger partial charge in [-0.05, 0) is 47.2 Å². The summed E-state index contributed by atoms with van der Waals surface area (Å²) < 4.78 is 5.29. The lowest BCUT2D eigenvalue weighted by Gasteiger charge is -2.08. The topological polar surface area (TPSA) is 35.2 Å². The van der Waals surface area contributed by atoms with Gasteiger partial charge in [-0.25, -0.2) is 0 Å². The van der Waals surface area contributed by atoms with Gasteiger partial charge in [-0.3, -0.25) is 0 Å². The highest BCUT2D eigenvalue weighted by atomic mass is 16.5. The molecule has 0 heterocycles. The van der Waals surface area contributed by atoms with E-state index in [9.17, 15) is 0 Å². The Morgan fingerprint density at radius 1 is 1.29 bits per heavy atom. The molecule has 0 radical (unpaired) electrons. The van der Waals surface area contributed by atoms with Crippen molar-refractivity contribution in [2.24, 2.45) is 11.7 Å². The molecule has 1 aliphatic carbocycles. The van der Waals surface area contributed by atoms with Crippen molar-refractivity contribution in [1.29, 1.82) is 0 Å². The van der Waals surface area contributed by atoms with Crippen molar-refractivity contribution in [1.82, 2.24) is 0 Å². The smallest absolute Gasteiger partial charge is 0.119 e. The van der Waals surface area contributed by atoms with Crippen molar-refractivity contribution in [3.63, 3.8) is 0 Å². The van der Waals surface area contributed by atoms with Crippen LogP contribution < -0.4 is 10.5 Å². The van der Waals surface area contributed by atoms with E-state index < -0.39 is 0 Å². The summed E-state index contributed by atoms with van der Waals surface area (Å²) in [6, 6.07) is 13.1. The number of hydrogen-bond acceptors (Lipinski definition) is 2. The highest BCUT2D eigenvalue weighted by Crippen LogP contribution is 2.34. The lowest BCUT2D eigenvalue weighted by Crippen LogP contribution is -2.03. The van der Waals surface area contributed by atoms with E-state index in [-0.39, 0.29) is 0 Å². The van der Waals surface area contributed by atoms with Crippen LogP contribution in [0, 0.1) is 5.92 Å². The van der Waals surface area contributed by atoms with Gasteiger partial charge in [0.2, 0.25) is 0 Å². The molecule has 0 amide bonds. The van der Waals surface area contributed by atoms with Crippen molar-refractivity contribution in [2.75, 3.05) is 7.11 Å². The van der Waals surface area contributed by atoms with Gasteiger partial charge in [-0.15, -0.1) is 0 Å². The number of rotatable bonds is 3. The second kappa shape index (κ2) is 4.04. The molecule has 17 heavy (non-hydrogen) atoms. The van der Waals surface area contributed by atoms with Crippen LogP contribution in [-0.4, -0.2) is 13.2 Å². The summed E-state index contributed by atoms with van der Waals surface area (Å²) in [6.07, 6.45) is 2.26. The molecule has 0 spiro atoms. The Morgan fingerprint density at radius 2 is 2.12 bits per heavy atom. The molecule has 1 fully saturated rings. The predicted molar refractivity (Wildman–Crippen MR) is 70.3 cm³/mol. The number of benzene rings is 2. The molecule has 0 saturated heterocycles. The van der Waals surface area contributed by atoms with Gasteiger partial charge < -0.3 is 10.5 Å². The summed E-state index contributed by atoms with van der Waals surface area (Å²) in [4.78, 5) is 0. The molecule has 1 saturated carbocycles. The zero-order valence-electron chi connectivity index (χ0n) is 10.0. The molecule has 2 aromatic carbocycles. The number of ether oxygens (including phenoxy) is 1. The van der Waals surface area contributed by atoms with E-state index in [1.807, 2.05) is 6.07 Å². The van der Waals surface area contributed by atoms with Gasteiger partial charge >= 0.3 is 0 Å². The summed E-state index contributed by atoms with van der Waals surface area (Å²) in [7, 11) is 1.71. The summed E-state index contributed by atoms with van der Waals surface area (Å²) in [5.41, 5.74) is 7.28. The quantitative estimate of drug-likeness (QED) is 0.875. The largest absolute Gasteiger partial charge is 0.497 e. The van der Waals surface area contributed by atoms with Crippen LogP contribution in [0.15, 0.2) is 36.4 Å². The first-order valence-electron chi connectivity index (χ1n) is 6.09. The molecular formula is C15H17NO. The van der Waals surface area contributed by atoms with Gasteiger partial charge in [-0.1, -0.05) is 24.3 Å². The molecule has 2 unspecified atom stereocenters. The first-order valence-corrected chi connectivity index (χ1v) is 6.09. The lowest BCUT2D eigenvalue weighted by molar-refractivity contribution is 0.415. The van der Waals surface area contributed by atoms with Gasteiger partial charge in [0.05, 0.1) is 7.11 Å². The van der Waals surface area contributed by atoms with E-state index in [1.54, 1.807) is 7.11 Å². The Bertz CT molecular complexity index is 550. The molecule has 0 aliphatic heterocycles. The minimum atomic E-state index is 0.413. The van der Waals surface area contributed by atoms with Gasteiger partial charge in [0.1, 0.15) is 5.75 Å². The van der Waals surface area contributed by atoms with Crippen molar-refractivity contribution in [3.8, 4) is 5.75 Å². The fourth-order valence-corrected chi connectivity index (χ4v) is 2.41. The summed E-state index contributed by atoms with van der Waals surface area (Å²) >= 11 is 0. The molecule has 88 valence electrons. The van der Waals surface area contributed by atoms with Gasteiger partial charge in [0, 0.05) is 6.04 Å². The Morgan fingerprint density at radius 3 is 2.82 bits per heavy atom. The maximum atomic E-state index is 5.89. The zero-order valence-corrected chi connectivity index (χ0v) is 10.0. The second-order valence-corrected chi connectivity index (χ2v) is 4.87. The summed E-state index contributed by atoms with van der Waals surface area (Å²) in [6.45, 7) is 0. The molecule has 2 atom stereocenters. The van der Waals surface area contributed by atoms with Crippen molar-refractivity contribution >= 4 is 10.8 Å². The monoisotopic (exact) mass is 227 g/mol. The first-order chi connectivity index (χ1) is 8.28. The Labute approximate surface area is 101 Å². The minimum absolute atomic E-state index is 0.413. The maximum Gasteiger partial charge on any atom is 0.119 e. The van der Waals surface area contributed by atoms with E-state index in [0.29, 0.717) is 12.0 Å². The van der Waals surface area contributed by atoms with Crippen molar-refractivity contribution in [2.45, 2.75) is 18.9 Å². The van der Waals surface area contributed by atoms with Gasteiger partial charge in [-0.2, -0.15) is 0 Å². The Balaban J connectivity index is 2.03. The number of nitrogens with two attached hydrogens (primary N) is 1. The van der Waals surface area contributed by atoms with Crippen molar-refractivity contribution in [3.05, 3.63) is 42.0 Å². The Hall–Kier alpha value is -1.54. The van der Waals surface area contributed by atoms with E-state index >= 15 is 0 Å². The average molecular weight is 227 g/mol. The fourth-order valence-electron chi connectivity index (χ4n) is 2.41. The number of methoxy groups -OCH3 is 1. The van der Waals surface area contributed by atoms with Crippen LogP contribution in [0.5, 0.6) is 5.75 Å². The molecular weight excluding hydrogens is 210 g/mol. The standard InChI is InChI=1S/C15H17NO/c1-17-13-6-5-10-3-2-4-11(14(10)9-13)7-12-8-15(12)16/h2-6,9,12,15H,7-8,16H2,1H3. The van der Waals surface area contributed by atoms with E-state index in [0.717, 1.165) is 12.2 Å². The van der Waals surface area contributed by atoms with Crippen molar-refractivity contribution < 1.29 is 4.74 Å². The highest BCUT2D eigenvalue weighted by molar-refractivity contribution is 5.87. The van der Waals surface area contributed by atoms with E-state index in [1.165, 1.54) is 22.8 Å². The van der Waals surface area contributed by atoms with Gasteiger partial charge in [0.25, 0.3) is 0 Å². The molecule has 0 aromatic heterocycles. The number of fused-ring (bicyclic) bond motifs is 1. The van der Waals surface area contributed by atoms with E-state index in [2.05, 4.69) is 30.3 Å². The summed E-state index contributed by atoms with van der Waals surface area (Å²) in [5.74, 6) is 1.59. The Kier molecular flexibility index (Phi) is 2.52. The average Bonchev–Trinajstić information content (AvgIpc) is 3.05. The highest BCUT2D eigenvalue weighted by Gasteiger charge is 2.33. The third kappa shape index (κ3) is 2.01. The molecule has 1 aliphatic rings. The molecule has 0 bridgehead atoms. The molecule has 2 heteroatoms. The first kappa shape index (κ1) is 10.6. The third-order valence-corrected chi connectivity index (χ3v) is 3.64. The van der Waals surface area contributed by atoms with Crippen LogP contribution >= 0.6 is 0 Å². The number of hydrogen-bond donors (Lipinski definition) is 1. The maximum absolute atomic E-state index is 5.89. The SMILES string of the molecule is COc1ccc2cccc(CC3CC3N)c2c1. The summed E-state index contributed by atoms with van der Waals surface area (Å²) in [5, 5.41) is 2.57. The van der Waals surface area contributed by atoms with Gasteiger partial charge in [0.15, 0.2) is 0 Å². The molecule has 2 nitrogen and oxygen atoms in total. The van der Waals surface area contributed by atoms with Crippen LogP contribution in [-0.2, 0) is 6.42 Å². The molecule has 2 N–H and O–H groups in total. The zero-order chi connectivity index (χ0) is 11.8. The van der Waals surface area contributed by atoms with Crippen LogP contribution in [0.2, 0.25) is 0 Å². The van der Waals surface area contributed by atoms with Crippen LogP contribution in [0.4, 0.5) is 0 Å². The van der Waals surface area contributed by atoms with Crippen LogP contribution in [0.1, 0.15) is 12.0 Å². The minimum Gasteiger partial charge on any atom is -0.497 e. The van der Waals surface area contributed by atoms with Crippen LogP contribution in [0.3, 0.4) is 0 Å². The second-order valence-electron chi connectivity index (χ2n) is 4.87. The molecule has 3 rings (SSSR count). The predicted octanol–water partition coefficient (Wildman–Crippen LogP) is 2.74. The normalized spacial score (nSPS) is 22.7. The molecule has 2 aromatic rings. The third-order valence-electron chi connectivity index (χ3n) is 3.64. The fraction of sp³-hybridized carbons (Fsp3) is 0.333. The lowest BCUT2D eigenvalue weighted by atomic mass is 10.00. The van der Waals surface area contributed by atoms with E-state index in [4.69, 9.17) is 10.5 Å².